The third kappa shape index (κ3) is 6.76. The van der Waals surface area contributed by atoms with Gasteiger partial charge in [0.2, 0.25) is 0 Å². The third-order valence-electron chi connectivity index (χ3n) is 1.41. The Hall–Kier alpha value is 1.16. The Labute approximate surface area is 146 Å². The van der Waals surface area contributed by atoms with Crippen LogP contribution in [0.3, 0.4) is 0 Å². The molecule has 7 nitrogen and oxygen atoms in total. The second-order valence-electron chi connectivity index (χ2n) is 2.37. The fourth-order valence-electron chi connectivity index (χ4n) is 0.836. The van der Waals surface area contributed by atoms with E-state index in [1.807, 2.05) is 0 Å². The predicted octanol–water partition coefficient (Wildman–Crippen LogP) is -6.59. The van der Waals surface area contributed by atoms with E-state index in [2.05, 4.69) is 9.37 Å². The molecule has 1 aromatic rings. The van der Waals surface area contributed by atoms with E-state index in [0.29, 0.717) is 12.0 Å². The summed E-state index contributed by atoms with van der Waals surface area (Å²) in [6.07, 6.45) is 0. The summed E-state index contributed by atoms with van der Waals surface area (Å²) < 4.78 is 36.1. The molecule has 0 unspecified atom stereocenters. The molecule has 0 fully saturated rings. The number of hydrogen-bond donors (Lipinski definition) is 1. The van der Waals surface area contributed by atoms with E-state index in [0.717, 1.165) is 6.07 Å². The Bertz CT molecular complexity index is 454. The van der Waals surface area contributed by atoms with Crippen molar-refractivity contribution in [1.82, 2.24) is 0 Å². The van der Waals surface area contributed by atoms with Crippen molar-refractivity contribution in [2.24, 2.45) is 0 Å². The summed E-state index contributed by atoms with van der Waals surface area (Å²) in [6, 6.07) is 3.57. The Kier molecular flexibility index (Phi) is 11.0. The Morgan fingerprint density at radius 2 is 1.88 bits per heavy atom. The number of anilines is 1. The normalized spacial score (nSPS) is 10.2. The van der Waals surface area contributed by atoms with Crippen LogP contribution in [0.15, 0.2) is 28.0 Å². The molecule has 1 rings (SSSR count). The summed E-state index contributed by atoms with van der Waals surface area (Å²) in [6.45, 7) is 0. The van der Waals surface area contributed by atoms with Gasteiger partial charge in [0.15, 0.2) is 0 Å². The van der Waals surface area contributed by atoms with Crippen LogP contribution in [-0.4, -0.2) is 13.0 Å². The summed E-state index contributed by atoms with van der Waals surface area (Å²) in [5.41, 5.74) is 5.11. The predicted molar refractivity (Wildman–Crippen MR) is 46.8 cm³/mol. The molecule has 0 aliphatic carbocycles. The molecule has 11 heteroatoms. The van der Waals surface area contributed by atoms with E-state index in [9.17, 15) is 18.2 Å². The van der Waals surface area contributed by atoms with Crippen molar-refractivity contribution >= 4 is 27.8 Å². The number of nitrogen functional groups attached to an aromatic ring is 1. The summed E-state index contributed by atoms with van der Waals surface area (Å²) in [4.78, 5) is -0.364. The summed E-state index contributed by atoms with van der Waals surface area (Å²) in [5, 5.41) is 12.6. The van der Waals surface area contributed by atoms with Gasteiger partial charge in [-0.3, -0.25) is 5.04 Å². The van der Waals surface area contributed by atoms with Crippen molar-refractivity contribution < 1.29 is 86.7 Å². The molecular weight excluding hydrogens is 292 g/mol. The number of nitrogens with two attached hydrogens (primary N) is 1. The van der Waals surface area contributed by atoms with Crippen LogP contribution in [0.1, 0.15) is 0 Å². The minimum atomic E-state index is -4.64. The topological polar surface area (TPSA) is 125 Å². The molecule has 84 valence electrons. The quantitative estimate of drug-likeness (QED) is 0.145. The van der Waals surface area contributed by atoms with Crippen LogP contribution < -0.4 is 70.1 Å². The monoisotopic (exact) mass is 297 g/mol. The third-order valence-corrected chi connectivity index (χ3v) is 2.87. The van der Waals surface area contributed by atoms with Crippen molar-refractivity contribution in [1.29, 1.82) is 0 Å². The fraction of sp³-hybridized carbons (Fsp3) is 0. The maximum absolute atomic E-state index is 10.7. The van der Waals surface area contributed by atoms with Gasteiger partial charge in [-0.2, -0.15) is 4.33 Å². The van der Waals surface area contributed by atoms with Gasteiger partial charge in [-0.05, 0) is 18.2 Å². The average Bonchev–Trinajstić information content (AvgIpc) is 2.15. The molecule has 0 saturated carbocycles. The first-order chi connectivity index (χ1) is 6.95. The van der Waals surface area contributed by atoms with Crippen LogP contribution >= 0.6 is 12.0 Å². The Balaban J connectivity index is 0. The minimum Gasteiger partial charge on any atom is -0.744 e. The van der Waals surface area contributed by atoms with E-state index in [1.165, 1.54) is 12.1 Å². The average molecular weight is 297 g/mol. The van der Waals surface area contributed by atoms with Gasteiger partial charge in [0, 0.05) is 10.6 Å². The van der Waals surface area contributed by atoms with Crippen LogP contribution in [-0.2, 0) is 19.5 Å². The van der Waals surface area contributed by atoms with Crippen LogP contribution in [0, 0.1) is 0 Å². The molecule has 0 aliphatic rings. The maximum atomic E-state index is 10.7. The second kappa shape index (κ2) is 9.13. The smallest absolute Gasteiger partial charge is 0.744 e. The van der Waals surface area contributed by atoms with Crippen molar-refractivity contribution in [3.05, 3.63) is 18.2 Å². The maximum Gasteiger partial charge on any atom is 1.00 e. The standard InChI is InChI=1S/C6H7NO6S2.2Na/c7-5-2-1-4(14-13-12-8)3-6(5)15(9,10)11;;/h1-3,8H,7H2,(H,9,10,11);;/q;2*+1/p-2. The molecule has 0 amide bonds. The number of hydrogen-bond acceptors (Lipinski definition) is 8. The number of rotatable bonds is 4. The van der Waals surface area contributed by atoms with E-state index in [4.69, 9.17) is 5.73 Å². The Morgan fingerprint density at radius 1 is 1.29 bits per heavy atom. The zero-order valence-corrected chi connectivity index (χ0v) is 14.7. The van der Waals surface area contributed by atoms with Gasteiger partial charge < -0.3 is 15.5 Å². The van der Waals surface area contributed by atoms with Crippen LogP contribution in [0.25, 0.3) is 0 Å². The van der Waals surface area contributed by atoms with E-state index >= 15 is 0 Å². The molecule has 0 heterocycles. The SMILES string of the molecule is Nc1ccc(SOO[O-])cc1S(=O)(=O)[O-].[Na+].[Na+]. The summed E-state index contributed by atoms with van der Waals surface area (Å²) in [5.74, 6) is 0. The molecular formula is C6H5NNa2O6S2. The second-order valence-corrected chi connectivity index (χ2v) is 4.50. The van der Waals surface area contributed by atoms with Crippen LogP contribution in [0.4, 0.5) is 5.69 Å². The van der Waals surface area contributed by atoms with Gasteiger partial charge in [-0.1, -0.05) is 0 Å². The molecule has 2 N–H and O–H groups in total. The Morgan fingerprint density at radius 3 is 2.35 bits per heavy atom. The molecule has 17 heavy (non-hydrogen) atoms. The molecule has 0 spiro atoms. The van der Waals surface area contributed by atoms with E-state index < -0.39 is 15.0 Å². The first kappa shape index (κ1) is 20.5. The molecule has 0 aliphatic heterocycles. The molecule has 0 aromatic heterocycles. The van der Waals surface area contributed by atoms with E-state index in [-0.39, 0.29) is 69.7 Å². The van der Waals surface area contributed by atoms with Gasteiger partial charge in [0.05, 0.1) is 16.9 Å². The van der Waals surface area contributed by atoms with Crippen molar-refractivity contribution in [3.8, 4) is 0 Å². The first-order valence-electron chi connectivity index (χ1n) is 3.43. The number of benzene rings is 1. The summed E-state index contributed by atoms with van der Waals surface area (Å²) >= 11 is 0.466. The van der Waals surface area contributed by atoms with Gasteiger partial charge in [-0.25, -0.2) is 8.42 Å². The summed E-state index contributed by atoms with van der Waals surface area (Å²) in [7, 11) is -4.64. The van der Waals surface area contributed by atoms with Gasteiger partial charge in [0.1, 0.15) is 10.1 Å². The van der Waals surface area contributed by atoms with E-state index in [1.54, 1.807) is 0 Å². The molecule has 0 atom stereocenters. The molecule has 0 bridgehead atoms. The van der Waals surface area contributed by atoms with Crippen molar-refractivity contribution in [3.63, 3.8) is 0 Å². The van der Waals surface area contributed by atoms with Gasteiger partial charge in [-0.15, -0.1) is 0 Å². The zero-order valence-electron chi connectivity index (χ0n) is 9.08. The van der Waals surface area contributed by atoms with Crippen LogP contribution in [0.2, 0.25) is 0 Å². The molecule has 0 radical (unpaired) electrons. The minimum absolute atomic E-state index is 0. The largest absolute Gasteiger partial charge is 1.00 e. The van der Waals surface area contributed by atoms with Gasteiger partial charge in [0.25, 0.3) is 0 Å². The first-order valence-corrected chi connectivity index (χ1v) is 5.58. The van der Waals surface area contributed by atoms with Crippen molar-refractivity contribution in [2.45, 2.75) is 9.79 Å². The molecule has 0 saturated heterocycles. The zero-order chi connectivity index (χ0) is 11.5. The van der Waals surface area contributed by atoms with Crippen LogP contribution in [0.5, 0.6) is 0 Å². The van der Waals surface area contributed by atoms with Gasteiger partial charge >= 0.3 is 59.1 Å². The fourth-order valence-corrected chi connectivity index (χ4v) is 1.93. The van der Waals surface area contributed by atoms with Crippen molar-refractivity contribution in [2.75, 3.05) is 5.73 Å². The molecule has 1 aromatic carbocycles.